The molecule has 0 radical (unpaired) electrons. The molecule has 4 rings (SSSR count). The number of benzene rings is 3. The first kappa shape index (κ1) is 21.6. The van der Waals surface area contributed by atoms with Gasteiger partial charge in [0.1, 0.15) is 0 Å². The molecule has 0 fully saturated rings. The van der Waals surface area contributed by atoms with Crippen molar-refractivity contribution in [3.8, 4) is 0 Å². The molecule has 1 aliphatic heterocycles. The Bertz CT molecular complexity index is 1140. The third kappa shape index (κ3) is 4.66. The minimum absolute atomic E-state index is 0.200. The number of carbonyl (C=O) groups excluding carboxylic acids is 2. The lowest BCUT2D eigenvalue weighted by molar-refractivity contribution is -0.138. The van der Waals surface area contributed by atoms with E-state index in [2.05, 4.69) is 5.32 Å². The second kappa shape index (κ2) is 8.86. The lowest BCUT2D eigenvalue weighted by atomic mass is 9.96. The molecule has 0 spiro atoms. The largest absolute Gasteiger partial charge is 0.417 e. The minimum atomic E-state index is -4.60. The third-order valence-corrected chi connectivity index (χ3v) is 5.53. The molecule has 3 aromatic rings. The highest BCUT2D eigenvalue weighted by Gasteiger charge is 2.36. The van der Waals surface area contributed by atoms with E-state index in [1.807, 2.05) is 30.3 Å². The molecule has 32 heavy (non-hydrogen) atoms. The molecule has 0 aromatic heterocycles. The van der Waals surface area contributed by atoms with E-state index in [0.29, 0.717) is 18.5 Å². The summed E-state index contributed by atoms with van der Waals surface area (Å²) in [5, 5.41) is 2.88. The summed E-state index contributed by atoms with van der Waals surface area (Å²) in [4.78, 5) is 26.8. The number of halogens is 3. The minimum Gasteiger partial charge on any atom is -0.348 e. The van der Waals surface area contributed by atoms with Crippen LogP contribution < -0.4 is 5.32 Å². The molecule has 0 unspecified atom stereocenters. The van der Waals surface area contributed by atoms with Gasteiger partial charge in [-0.15, -0.1) is 0 Å². The van der Waals surface area contributed by atoms with E-state index in [0.717, 1.165) is 22.8 Å². The Morgan fingerprint density at radius 2 is 1.62 bits per heavy atom. The Hall–Kier alpha value is -3.61. The predicted molar refractivity (Wildman–Crippen MR) is 114 cm³/mol. The number of hydrogen-bond acceptors (Lipinski definition) is 2. The first-order valence-electron chi connectivity index (χ1n) is 10.2. The standard InChI is InChI=1S/C25H21F3N2O2/c26-25(27,28)22-9-5-4-8-21(22)24(32)30-13-12-18-14-19(10-11-20(18)16-30)23(31)29-15-17-6-2-1-3-7-17/h1-11,14H,12-13,15-16H2,(H,29,31). The highest BCUT2D eigenvalue weighted by Crippen LogP contribution is 2.33. The van der Waals surface area contributed by atoms with Gasteiger partial charge in [0, 0.05) is 25.2 Å². The summed E-state index contributed by atoms with van der Waals surface area (Å²) in [5.74, 6) is -0.845. The molecule has 1 heterocycles. The van der Waals surface area contributed by atoms with Gasteiger partial charge in [0.25, 0.3) is 11.8 Å². The molecule has 164 valence electrons. The van der Waals surface area contributed by atoms with Crippen molar-refractivity contribution in [3.63, 3.8) is 0 Å². The Morgan fingerprint density at radius 3 is 2.38 bits per heavy atom. The molecule has 0 aliphatic carbocycles. The van der Waals surface area contributed by atoms with E-state index < -0.39 is 17.6 Å². The van der Waals surface area contributed by atoms with Crippen molar-refractivity contribution < 1.29 is 22.8 Å². The molecule has 0 bridgehead atoms. The van der Waals surface area contributed by atoms with Gasteiger partial charge in [0.15, 0.2) is 0 Å². The molecule has 1 N–H and O–H groups in total. The number of hydrogen-bond donors (Lipinski definition) is 1. The maximum absolute atomic E-state index is 13.3. The zero-order chi connectivity index (χ0) is 22.7. The average molecular weight is 438 g/mol. The molecular formula is C25H21F3N2O2. The first-order valence-corrected chi connectivity index (χ1v) is 10.2. The van der Waals surface area contributed by atoms with Crippen molar-refractivity contribution in [2.24, 2.45) is 0 Å². The summed E-state index contributed by atoms with van der Waals surface area (Å²) in [6.07, 6.45) is -4.13. The zero-order valence-corrected chi connectivity index (χ0v) is 17.2. The van der Waals surface area contributed by atoms with Crippen LogP contribution in [0.15, 0.2) is 72.8 Å². The fourth-order valence-electron chi connectivity index (χ4n) is 3.83. The van der Waals surface area contributed by atoms with Crippen LogP contribution in [0, 0.1) is 0 Å². The van der Waals surface area contributed by atoms with Gasteiger partial charge in [-0.1, -0.05) is 48.5 Å². The van der Waals surface area contributed by atoms with Crippen LogP contribution in [0.2, 0.25) is 0 Å². The fourth-order valence-corrected chi connectivity index (χ4v) is 3.83. The third-order valence-electron chi connectivity index (χ3n) is 5.53. The number of nitrogens with zero attached hydrogens (tertiary/aromatic N) is 1. The Balaban J connectivity index is 1.46. The normalized spacial score (nSPS) is 13.4. The quantitative estimate of drug-likeness (QED) is 0.634. The number of carbonyl (C=O) groups is 2. The maximum Gasteiger partial charge on any atom is 0.417 e. The fraction of sp³-hybridized carbons (Fsp3) is 0.200. The summed E-state index contributed by atoms with van der Waals surface area (Å²) < 4.78 is 39.9. The number of nitrogens with one attached hydrogen (secondary N) is 1. The zero-order valence-electron chi connectivity index (χ0n) is 17.2. The highest BCUT2D eigenvalue weighted by molar-refractivity contribution is 5.96. The second-order valence-electron chi connectivity index (χ2n) is 7.67. The summed E-state index contributed by atoms with van der Waals surface area (Å²) >= 11 is 0. The van der Waals surface area contributed by atoms with Crippen LogP contribution in [0.5, 0.6) is 0 Å². The average Bonchev–Trinajstić information content (AvgIpc) is 2.81. The maximum atomic E-state index is 13.3. The summed E-state index contributed by atoms with van der Waals surface area (Å²) in [6.45, 7) is 0.900. The van der Waals surface area contributed by atoms with E-state index >= 15 is 0 Å². The van der Waals surface area contributed by atoms with Crippen LogP contribution in [-0.2, 0) is 25.7 Å². The highest BCUT2D eigenvalue weighted by atomic mass is 19.4. The van der Waals surface area contributed by atoms with Gasteiger partial charge >= 0.3 is 6.18 Å². The van der Waals surface area contributed by atoms with Crippen LogP contribution in [0.3, 0.4) is 0 Å². The van der Waals surface area contributed by atoms with Crippen LogP contribution in [0.4, 0.5) is 13.2 Å². The van der Waals surface area contributed by atoms with Crippen molar-refractivity contribution in [3.05, 3.63) is 106 Å². The monoisotopic (exact) mass is 438 g/mol. The number of amides is 2. The lowest BCUT2D eigenvalue weighted by Gasteiger charge is -2.30. The number of fused-ring (bicyclic) bond motifs is 1. The molecule has 0 saturated heterocycles. The summed E-state index contributed by atoms with van der Waals surface area (Å²) in [5.41, 5.74) is 1.98. The predicted octanol–water partition coefficient (Wildman–Crippen LogP) is 4.83. The smallest absolute Gasteiger partial charge is 0.348 e. The molecule has 2 amide bonds. The lowest BCUT2D eigenvalue weighted by Crippen LogP contribution is -2.37. The first-order chi connectivity index (χ1) is 15.3. The van der Waals surface area contributed by atoms with Gasteiger partial charge in [0.05, 0.1) is 11.1 Å². The van der Waals surface area contributed by atoms with Gasteiger partial charge in [-0.2, -0.15) is 13.2 Å². The molecule has 7 heteroatoms. The van der Waals surface area contributed by atoms with Crippen molar-refractivity contribution in [2.75, 3.05) is 6.54 Å². The molecular weight excluding hydrogens is 417 g/mol. The topological polar surface area (TPSA) is 49.4 Å². The Morgan fingerprint density at radius 1 is 0.906 bits per heavy atom. The molecule has 1 aliphatic rings. The van der Waals surface area contributed by atoms with E-state index in [1.165, 1.54) is 23.1 Å². The van der Waals surface area contributed by atoms with E-state index in [-0.39, 0.29) is 24.6 Å². The van der Waals surface area contributed by atoms with E-state index in [1.54, 1.807) is 18.2 Å². The second-order valence-corrected chi connectivity index (χ2v) is 7.67. The van der Waals surface area contributed by atoms with Gasteiger partial charge in [-0.05, 0) is 47.4 Å². The van der Waals surface area contributed by atoms with Gasteiger partial charge in [0.2, 0.25) is 0 Å². The van der Waals surface area contributed by atoms with Crippen LogP contribution >= 0.6 is 0 Å². The summed E-state index contributed by atoms with van der Waals surface area (Å²) in [7, 11) is 0. The Labute approximate surface area is 183 Å². The molecule has 4 nitrogen and oxygen atoms in total. The van der Waals surface area contributed by atoms with Crippen molar-refractivity contribution in [2.45, 2.75) is 25.7 Å². The Kier molecular flexibility index (Phi) is 5.99. The summed E-state index contributed by atoms with van der Waals surface area (Å²) in [6, 6.07) is 19.6. The number of alkyl halides is 3. The van der Waals surface area contributed by atoms with E-state index in [4.69, 9.17) is 0 Å². The van der Waals surface area contributed by atoms with E-state index in [9.17, 15) is 22.8 Å². The molecule has 0 atom stereocenters. The SMILES string of the molecule is O=C(NCc1ccccc1)c1ccc2c(c1)CCN(C(=O)c1ccccc1C(F)(F)F)C2. The van der Waals surface area contributed by atoms with Crippen LogP contribution in [0.25, 0.3) is 0 Å². The number of rotatable bonds is 4. The molecule has 0 saturated carbocycles. The van der Waals surface area contributed by atoms with Crippen molar-refractivity contribution >= 4 is 11.8 Å². The van der Waals surface area contributed by atoms with Crippen LogP contribution in [-0.4, -0.2) is 23.3 Å². The van der Waals surface area contributed by atoms with Gasteiger partial charge < -0.3 is 10.2 Å². The van der Waals surface area contributed by atoms with Crippen molar-refractivity contribution in [1.82, 2.24) is 10.2 Å². The van der Waals surface area contributed by atoms with Crippen LogP contribution in [0.1, 0.15) is 43.0 Å². The van der Waals surface area contributed by atoms with Gasteiger partial charge in [-0.3, -0.25) is 9.59 Å². The van der Waals surface area contributed by atoms with Crippen molar-refractivity contribution in [1.29, 1.82) is 0 Å². The van der Waals surface area contributed by atoms with Gasteiger partial charge in [-0.25, -0.2) is 0 Å². The molecule has 3 aromatic carbocycles.